The smallest absolute Gasteiger partial charge is 0.0236 e. The fraction of sp³-hybridized carbons (Fsp3) is 0.200. The molecule has 0 aromatic heterocycles. The monoisotopic (exact) mass is 134 g/mol. The van der Waals surface area contributed by atoms with Gasteiger partial charge >= 0.3 is 0 Å². The van der Waals surface area contributed by atoms with Crippen LogP contribution in [-0.4, -0.2) is 0 Å². The van der Waals surface area contributed by atoms with E-state index in [2.05, 4.69) is 19.7 Å². The first kappa shape index (κ1) is 8.96. The van der Waals surface area contributed by atoms with Crippen LogP contribution in [0.4, 0.5) is 0 Å². The molecule has 0 bridgehead atoms. The summed E-state index contributed by atoms with van der Waals surface area (Å²) in [5, 5.41) is 0. The van der Waals surface area contributed by atoms with E-state index in [1.165, 1.54) is 0 Å². The van der Waals surface area contributed by atoms with E-state index in [4.69, 9.17) is 0 Å². The molecule has 0 amide bonds. The molecule has 0 saturated heterocycles. The highest BCUT2D eigenvalue weighted by Gasteiger charge is 1.95. The highest BCUT2D eigenvalue weighted by molar-refractivity contribution is 5.46. The summed E-state index contributed by atoms with van der Waals surface area (Å²) in [4.78, 5) is 0. The van der Waals surface area contributed by atoms with Gasteiger partial charge in [0.15, 0.2) is 0 Å². The van der Waals surface area contributed by atoms with E-state index in [0.717, 1.165) is 16.7 Å². The second-order valence-corrected chi connectivity index (χ2v) is 2.18. The lowest BCUT2D eigenvalue weighted by atomic mass is 10.0. The minimum atomic E-state index is 0.899. The van der Waals surface area contributed by atoms with Gasteiger partial charge in [-0.25, -0.2) is 0 Å². The van der Waals surface area contributed by atoms with Crippen LogP contribution < -0.4 is 0 Å². The van der Waals surface area contributed by atoms with Crippen LogP contribution in [0, 0.1) is 0 Å². The van der Waals surface area contributed by atoms with Crippen LogP contribution in [0.15, 0.2) is 48.6 Å². The molecule has 0 rings (SSSR count). The Labute approximate surface area is 63.3 Å². The van der Waals surface area contributed by atoms with Crippen LogP contribution in [0.25, 0.3) is 0 Å². The number of hydrogen-bond acceptors (Lipinski definition) is 0. The predicted octanol–water partition coefficient (Wildman–Crippen LogP) is 3.25. The molecule has 0 nitrogen and oxygen atoms in total. The third-order valence-corrected chi connectivity index (χ3v) is 1.54. The molecule has 0 aliphatic heterocycles. The lowest BCUT2D eigenvalue weighted by molar-refractivity contribution is 1.38. The zero-order valence-electron chi connectivity index (χ0n) is 6.78. The van der Waals surface area contributed by atoms with Gasteiger partial charge in [-0.15, -0.1) is 0 Å². The Balaban J connectivity index is 4.38. The summed E-state index contributed by atoms with van der Waals surface area (Å²) in [6.45, 7) is 15.2. The molecule has 0 N–H and O–H groups in total. The van der Waals surface area contributed by atoms with E-state index in [-0.39, 0.29) is 0 Å². The Hall–Kier alpha value is -1.04. The second kappa shape index (κ2) is 3.89. The molecule has 0 fully saturated rings. The molecule has 0 aromatic rings. The summed E-state index contributed by atoms with van der Waals surface area (Å²) in [7, 11) is 0. The molecule has 0 atom stereocenters. The minimum Gasteiger partial charge on any atom is -0.0985 e. The van der Waals surface area contributed by atoms with Crippen LogP contribution >= 0.6 is 0 Å². The summed E-state index contributed by atoms with van der Waals surface area (Å²) in [6, 6.07) is 0. The summed E-state index contributed by atoms with van der Waals surface area (Å²) in [6.07, 6.45) is 3.73. The standard InChI is InChI=1S/C10H14/c1-6-8(3)10(5)9(4)7-2/h6-7H,1,3,5H2,2,4H3/b9-7+. The maximum Gasteiger partial charge on any atom is -0.0236 e. The van der Waals surface area contributed by atoms with Gasteiger partial charge in [-0.2, -0.15) is 0 Å². The van der Waals surface area contributed by atoms with Gasteiger partial charge in [-0.05, 0) is 30.6 Å². The highest BCUT2D eigenvalue weighted by atomic mass is 14.0. The molecule has 0 unspecified atom stereocenters. The number of allylic oxidation sites excluding steroid dienone is 5. The van der Waals surface area contributed by atoms with Gasteiger partial charge in [0.1, 0.15) is 0 Å². The molecule has 0 aromatic carbocycles. The van der Waals surface area contributed by atoms with Crippen molar-refractivity contribution in [2.45, 2.75) is 13.8 Å². The first-order valence-electron chi connectivity index (χ1n) is 3.27. The van der Waals surface area contributed by atoms with Gasteiger partial charge in [0.25, 0.3) is 0 Å². The largest absolute Gasteiger partial charge is 0.0985 e. The quantitative estimate of drug-likeness (QED) is 0.520. The Kier molecular flexibility index (Phi) is 3.48. The van der Waals surface area contributed by atoms with Crippen molar-refractivity contribution in [3.8, 4) is 0 Å². The van der Waals surface area contributed by atoms with Gasteiger partial charge in [-0.1, -0.05) is 31.9 Å². The second-order valence-electron chi connectivity index (χ2n) is 2.18. The maximum atomic E-state index is 3.86. The van der Waals surface area contributed by atoms with Crippen LogP contribution in [0.1, 0.15) is 13.8 Å². The van der Waals surface area contributed by atoms with Crippen molar-refractivity contribution >= 4 is 0 Å². The Morgan fingerprint density at radius 1 is 1.30 bits per heavy atom. The van der Waals surface area contributed by atoms with E-state index in [9.17, 15) is 0 Å². The molecule has 0 spiro atoms. The van der Waals surface area contributed by atoms with Gasteiger partial charge in [0.2, 0.25) is 0 Å². The summed E-state index contributed by atoms with van der Waals surface area (Å²) < 4.78 is 0. The van der Waals surface area contributed by atoms with Crippen molar-refractivity contribution in [2.75, 3.05) is 0 Å². The van der Waals surface area contributed by atoms with Crippen molar-refractivity contribution in [3.05, 3.63) is 48.6 Å². The van der Waals surface area contributed by atoms with Gasteiger partial charge in [0, 0.05) is 0 Å². The first-order chi connectivity index (χ1) is 4.63. The third kappa shape index (κ3) is 2.06. The zero-order chi connectivity index (χ0) is 8.15. The van der Waals surface area contributed by atoms with E-state index >= 15 is 0 Å². The van der Waals surface area contributed by atoms with Crippen molar-refractivity contribution in [2.24, 2.45) is 0 Å². The van der Waals surface area contributed by atoms with Crippen molar-refractivity contribution in [3.63, 3.8) is 0 Å². The summed E-state index contributed by atoms with van der Waals surface area (Å²) >= 11 is 0. The molecular formula is C10H14. The maximum absolute atomic E-state index is 3.86. The fourth-order valence-electron chi connectivity index (χ4n) is 0.551. The van der Waals surface area contributed by atoms with Gasteiger partial charge < -0.3 is 0 Å². The van der Waals surface area contributed by atoms with E-state index < -0.39 is 0 Å². The molecule has 10 heavy (non-hydrogen) atoms. The van der Waals surface area contributed by atoms with Crippen molar-refractivity contribution < 1.29 is 0 Å². The number of hydrogen-bond donors (Lipinski definition) is 0. The Morgan fingerprint density at radius 3 is 2.10 bits per heavy atom. The first-order valence-corrected chi connectivity index (χ1v) is 3.27. The minimum absolute atomic E-state index is 0.899. The normalized spacial score (nSPS) is 10.8. The molecule has 0 aliphatic rings. The van der Waals surface area contributed by atoms with Gasteiger partial charge in [-0.3, -0.25) is 0 Å². The molecular weight excluding hydrogens is 120 g/mol. The fourth-order valence-corrected chi connectivity index (χ4v) is 0.551. The predicted molar refractivity (Wildman–Crippen MR) is 47.9 cm³/mol. The van der Waals surface area contributed by atoms with Gasteiger partial charge in [0.05, 0.1) is 0 Å². The number of rotatable bonds is 3. The third-order valence-electron chi connectivity index (χ3n) is 1.54. The Bertz CT molecular complexity index is 188. The molecule has 0 saturated carbocycles. The topological polar surface area (TPSA) is 0 Å². The van der Waals surface area contributed by atoms with E-state index in [1.54, 1.807) is 6.08 Å². The summed E-state index contributed by atoms with van der Waals surface area (Å²) in [5.74, 6) is 0. The molecule has 0 radical (unpaired) electrons. The van der Waals surface area contributed by atoms with Crippen LogP contribution in [0.3, 0.4) is 0 Å². The van der Waals surface area contributed by atoms with Crippen molar-refractivity contribution in [1.29, 1.82) is 0 Å². The summed E-state index contributed by atoms with van der Waals surface area (Å²) in [5.41, 5.74) is 3.03. The van der Waals surface area contributed by atoms with E-state index in [1.807, 2.05) is 19.9 Å². The molecule has 0 heteroatoms. The average Bonchev–Trinajstić information content (AvgIpc) is 2.00. The Morgan fingerprint density at radius 2 is 1.80 bits per heavy atom. The molecule has 0 aliphatic carbocycles. The van der Waals surface area contributed by atoms with Crippen LogP contribution in [-0.2, 0) is 0 Å². The lowest BCUT2D eigenvalue weighted by Crippen LogP contribution is -1.83. The molecule has 54 valence electrons. The average molecular weight is 134 g/mol. The van der Waals surface area contributed by atoms with Crippen molar-refractivity contribution in [1.82, 2.24) is 0 Å². The highest BCUT2D eigenvalue weighted by Crippen LogP contribution is 2.15. The van der Waals surface area contributed by atoms with Crippen LogP contribution in [0.5, 0.6) is 0 Å². The van der Waals surface area contributed by atoms with E-state index in [0.29, 0.717) is 0 Å². The molecule has 0 heterocycles. The lowest BCUT2D eigenvalue weighted by Gasteiger charge is -2.03. The SMILES string of the molecule is C=CC(=C)C(=C)/C(C)=C/C. The zero-order valence-corrected chi connectivity index (χ0v) is 6.78. The van der Waals surface area contributed by atoms with Crippen LogP contribution in [0.2, 0.25) is 0 Å².